The third-order valence-electron chi connectivity index (χ3n) is 3.68. The molecule has 1 aliphatic rings. The Morgan fingerprint density at radius 3 is 2.57 bits per heavy atom. The molecule has 0 bridgehead atoms. The Hall–Kier alpha value is -1.35. The lowest BCUT2D eigenvalue weighted by molar-refractivity contribution is -0.120. The number of nitrogens with zero attached hydrogens (tertiary/aromatic N) is 2. The maximum Gasteiger partial charge on any atom is 0.318 e. The van der Waals surface area contributed by atoms with E-state index in [2.05, 4.69) is 20.8 Å². The van der Waals surface area contributed by atoms with Crippen molar-refractivity contribution in [3.63, 3.8) is 0 Å². The van der Waals surface area contributed by atoms with E-state index in [1.54, 1.807) is 0 Å². The van der Waals surface area contributed by atoms with Crippen molar-refractivity contribution in [1.82, 2.24) is 15.5 Å². The lowest BCUT2D eigenvalue weighted by atomic mass is 9.96. The van der Waals surface area contributed by atoms with E-state index in [0.717, 1.165) is 18.0 Å². The highest BCUT2D eigenvalue weighted by atomic mass is 32.2. The molecule has 1 aromatic rings. The van der Waals surface area contributed by atoms with Gasteiger partial charge in [-0.2, -0.15) is 0 Å². The van der Waals surface area contributed by atoms with Crippen LogP contribution in [0.15, 0.2) is 4.34 Å². The van der Waals surface area contributed by atoms with Gasteiger partial charge < -0.3 is 11.1 Å². The van der Waals surface area contributed by atoms with Crippen molar-refractivity contribution in [3.05, 3.63) is 0 Å². The van der Waals surface area contributed by atoms with Crippen LogP contribution in [0.4, 0.5) is 9.93 Å². The number of imide groups is 1. The van der Waals surface area contributed by atoms with E-state index in [1.165, 1.54) is 42.4 Å². The molecular weight excluding hydrogens is 334 g/mol. The van der Waals surface area contributed by atoms with Crippen LogP contribution in [0.1, 0.15) is 46.0 Å². The van der Waals surface area contributed by atoms with E-state index in [1.807, 2.05) is 13.8 Å². The molecule has 4 N–H and O–H groups in total. The normalized spacial score (nSPS) is 17.0. The zero-order valence-corrected chi connectivity index (χ0v) is 15.0. The molecule has 0 saturated heterocycles. The molecule has 23 heavy (non-hydrogen) atoms. The Morgan fingerprint density at radius 1 is 1.26 bits per heavy atom. The van der Waals surface area contributed by atoms with Gasteiger partial charge in [-0.05, 0) is 18.8 Å². The fourth-order valence-electron chi connectivity index (χ4n) is 2.53. The molecule has 1 aliphatic carbocycles. The monoisotopic (exact) mass is 357 g/mol. The first-order chi connectivity index (χ1) is 11.0. The predicted octanol–water partition coefficient (Wildman–Crippen LogP) is 2.59. The highest BCUT2D eigenvalue weighted by Crippen LogP contribution is 2.33. The van der Waals surface area contributed by atoms with Gasteiger partial charge in [0.25, 0.3) is 0 Å². The summed E-state index contributed by atoms with van der Waals surface area (Å²) in [6.07, 6.45) is 6.14. The number of anilines is 1. The van der Waals surface area contributed by atoms with E-state index in [0.29, 0.717) is 10.4 Å². The third kappa shape index (κ3) is 5.65. The number of amides is 3. The van der Waals surface area contributed by atoms with Crippen molar-refractivity contribution < 1.29 is 9.59 Å². The molecule has 3 amide bonds. The smallest absolute Gasteiger partial charge is 0.318 e. The molecule has 1 unspecified atom stereocenters. The molecule has 128 valence electrons. The van der Waals surface area contributed by atoms with Crippen molar-refractivity contribution in [3.8, 4) is 0 Å². The number of carbonyl (C=O) groups is 2. The Balaban J connectivity index is 1.95. The lowest BCUT2D eigenvalue weighted by Gasteiger charge is -2.21. The molecule has 0 radical (unpaired) electrons. The molecule has 1 heterocycles. The minimum absolute atomic E-state index is 0.0398. The second-order valence-corrected chi connectivity index (χ2v) is 8.35. The summed E-state index contributed by atoms with van der Waals surface area (Å²) in [6, 6.07) is -0.369. The maximum atomic E-state index is 12.0. The summed E-state index contributed by atoms with van der Waals surface area (Å²) in [7, 11) is 0. The Bertz CT molecular complexity index is 543. The highest BCUT2D eigenvalue weighted by Gasteiger charge is 2.26. The molecule has 1 aromatic heterocycles. The number of nitrogens with one attached hydrogen (secondary N) is 2. The third-order valence-corrected chi connectivity index (χ3v) is 6.16. The summed E-state index contributed by atoms with van der Waals surface area (Å²) in [4.78, 5) is 22.9. The number of hydrogen-bond donors (Lipinski definition) is 3. The molecule has 0 aliphatic heterocycles. The van der Waals surface area contributed by atoms with Gasteiger partial charge in [0.2, 0.25) is 11.0 Å². The van der Waals surface area contributed by atoms with Gasteiger partial charge in [-0.1, -0.05) is 56.2 Å². The average Bonchev–Trinajstić information content (AvgIpc) is 2.92. The van der Waals surface area contributed by atoms with Crippen molar-refractivity contribution in [2.24, 2.45) is 11.7 Å². The molecular formula is C14H23N5O2S2. The van der Waals surface area contributed by atoms with Crippen molar-refractivity contribution in [2.75, 3.05) is 5.32 Å². The first-order valence-corrected chi connectivity index (χ1v) is 9.52. The van der Waals surface area contributed by atoms with E-state index in [-0.39, 0.29) is 5.92 Å². The van der Waals surface area contributed by atoms with Crippen LogP contribution in [0.5, 0.6) is 0 Å². The molecule has 1 atom stereocenters. The molecule has 7 nitrogen and oxygen atoms in total. The standard InChI is InChI=1S/C14H23N5O2S2/c1-8(2)10(11(20)17-12(15)21)22-14-19-18-13(23-14)16-9-6-4-3-5-7-9/h8-10H,3-7H2,1-2H3,(H,16,18)(H3,15,17,20,21). The van der Waals surface area contributed by atoms with Gasteiger partial charge in [0, 0.05) is 6.04 Å². The van der Waals surface area contributed by atoms with Crippen molar-refractivity contribution in [2.45, 2.75) is 61.6 Å². The summed E-state index contributed by atoms with van der Waals surface area (Å²) in [5, 5.41) is 14.2. The summed E-state index contributed by atoms with van der Waals surface area (Å²) >= 11 is 2.76. The fourth-order valence-corrected chi connectivity index (χ4v) is 4.57. The number of aromatic nitrogens is 2. The molecule has 1 saturated carbocycles. The Morgan fingerprint density at radius 2 is 1.96 bits per heavy atom. The van der Waals surface area contributed by atoms with E-state index in [4.69, 9.17) is 5.73 Å². The second kappa shape index (κ2) is 8.49. The highest BCUT2D eigenvalue weighted by molar-refractivity contribution is 8.02. The van der Waals surface area contributed by atoms with Crippen LogP contribution in [0.2, 0.25) is 0 Å². The van der Waals surface area contributed by atoms with Crippen LogP contribution in [0.25, 0.3) is 0 Å². The molecule has 0 aromatic carbocycles. The number of rotatable bonds is 6. The van der Waals surface area contributed by atoms with E-state index in [9.17, 15) is 9.59 Å². The van der Waals surface area contributed by atoms with Gasteiger partial charge in [-0.25, -0.2) is 4.79 Å². The summed E-state index contributed by atoms with van der Waals surface area (Å²) in [5.74, 6) is -0.354. The average molecular weight is 358 g/mol. The SMILES string of the molecule is CC(C)C(Sc1nnc(NC2CCCCC2)s1)C(=O)NC(N)=O. The zero-order valence-electron chi connectivity index (χ0n) is 13.4. The topological polar surface area (TPSA) is 110 Å². The second-order valence-electron chi connectivity index (χ2n) is 5.99. The quantitative estimate of drug-likeness (QED) is 0.675. The van der Waals surface area contributed by atoms with Crippen LogP contribution in [0, 0.1) is 5.92 Å². The molecule has 1 fully saturated rings. The number of urea groups is 1. The van der Waals surface area contributed by atoms with Gasteiger partial charge in [0.1, 0.15) is 0 Å². The van der Waals surface area contributed by atoms with Crippen molar-refractivity contribution >= 4 is 40.2 Å². The maximum absolute atomic E-state index is 12.0. The minimum Gasteiger partial charge on any atom is -0.357 e. The van der Waals surface area contributed by atoms with Gasteiger partial charge >= 0.3 is 6.03 Å². The number of thioether (sulfide) groups is 1. The predicted molar refractivity (Wildman–Crippen MR) is 92.6 cm³/mol. The van der Waals surface area contributed by atoms with Gasteiger partial charge in [-0.15, -0.1) is 10.2 Å². The molecule has 9 heteroatoms. The molecule has 0 spiro atoms. The minimum atomic E-state index is -0.835. The number of nitrogens with two attached hydrogens (primary N) is 1. The van der Waals surface area contributed by atoms with Crippen molar-refractivity contribution in [1.29, 1.82) is 0 Å². The van der Waals surface area contributed by atoms with E-state index >= 15 is 0 Å². The number of hydrogen-bond acceptors (Lipinski definition) is 7. The van der Waals surface area contributed by atoms with Gasteiger partial charge in [-0.3, -0.25) is 10.1 Å². The van der Waals surface area contributed by atoms with Crippen LogP contribution in [0.3, 0.4) is 0 Å². The first-order valence-electron chi connectivity index (χ1n) is 7.82. The Labute approximate surface area is 144 Å². The largest absolute Gasteiger partial charge is 0.357 e. The number of carbonyl (C=O) groups excluding carboxylic acids is 2. The van der Waals surface area contributed by atoms with Crippen LogP contribution < -0.4 is 16.4 Å². The van der Waals surface area contributed by atoms with Gasteiger partial charge in [0.15, 0.2) is 4.34 Å². The number of primary amides is 1. The van der Waals surface area contributed by atoms with Crippen LogP contribution in [-0.4, -0.2) is 33.4 Å². The van der Waals surface area contributed by atoms with Crippen LogP contribution in [-0.2, 0) is 4.79 Å². The van der Waals surface area contributed by atoms with E-state index < -0.39 is 17.2 Å². The molecule has 2 rings (SSSR count). The summed E-state index contributed by atoms with van der Waals surface area (Å²) in [6.45, 7) is 3.83. The Kier molecular flexibility index (Phi) is 6.64. The lowest BCUT2D eigenvalue weighted by Crippen LogP contribution is -2.42. The first kappa shape index (κ1) is 18.0. The van der Waals surface area contributed by atoms with Crippen LogP contribution >= 0.6 is 23.1 Å². The summed E-state index contributed by atoms with van der Waals surface area (Å²) in [5.41, 5.74) is 5.02. The van der Waals surface area contributed by atoms with Gasteiger partial charge in [0.05, 0.1) is 5.25 Å². The summed E-state index contributed by atoms with van der Waals surface area (Å²) < 4.78 is 0.710. The zero-order chi connectivity index (χ0) is 16.8. The fraction of sp³-hybridized carbons (Fsp3) is 0.714.